The van der Waals surface area contributed by atoms with E-state index in [0.29, 0.717) is 0 Å². The minimum Gasteiger partial charge on any atom is -0.232 e. The lowest BCUT2D eigenvalue weighted by Crippen LogP contribution is -2.16. The monoisotopic (exact) mass is 338 g/mol. The Hall–Kier alpha value is -3.00. The maximum atomic E-state index is 5.02. The molecule has 0 saturated carbocycles. The largest absolute Gasteiger partial charge is 0.232 e. The van der Waals surface area contributed by atoms with Crippen LogP contribution in [0.15, 0.2) is 78.9 Å². The predicted molar refractivity (Wildman–Crippen MR) is 109 cm³/mol. The van der Waals surface area contributed by atoms with Crippen LogP contribution < -0.4 is 0 Å². The van der Waals surface area contributed by atoms with Crippen LogP contribution in [0.3, 0.4) is 0 Å². The second kappa shape index (κ2) is 6.38. The van der Waals surface area contributed by atoms with E-state index in [1.807, 2.05) is 12.1 Å². The lowest BCUT2D eigenvalue weighted by atomic mass is 9.93. The molecule has 0 aliphatic carbocycles. The topological polar surface area (TPSA) is 25.8 Å². The lowest BCUT2D eigenvalue weighted by molar-refractivity contribution is 0.549. The first-order valence-electron chi connectivity index (χ1n) is 8.96. The van der Waals surface area contributed by atoms with Gasteiger partial charge in [0.15, 0.2) is 0 Å². The average molecular weight is 338 g/mol. The Balaban J connectivity index is 2.04. The number of hydrogen-bond donors (Lipinski definition) is 0. The van der Waals surface area contributed by atoms with Crippen LogP contribution in [0.1, 0.15) is 26.6 Å². The summed E-state index contributed by atoms with van der Waals surface area (Å²) in [6, 6.07) is 27.2. The van der Waals surface area contributed by atoms with Crippen LogP contribution in [0.4, 0.5) is 0 Å². The van der Waals surface area contributed by atoms with Crippen molar-refractivity contribution in [3.63, 3.8) is 0 Å². The zero-order valence-corrected chi connectivity index (χ0v) is 15.4. The first-order valence-corrected chi connectivity index (χ1v) is 8.96. The normalized spacial score (nSPS) is 11.7. The van der Waals surface area contributed by atoms with E-state index in [9.17, 15) is 0 Å². The third-order valence-corrected chi connectivity index (χ3v) is 4.54. The molecule has 128 valence electrons. The summed E-state index contributed by atoms with van der Waals surface area (Å²) < 4.78 is 0. The van der Waals surface area contributed by atoms with Crippen LogP contribution in [0.5, 0.6) is 0 Å². The van der Waals surface area contributed by atoms with E-state index < -0.39 is 0 Å². The molecule has 4 aromatic rings. The van der Waals surface area contributed by atoms with Gasteiger partial charge in [-0.25, -0.2) is 9.97 Å². The SMILES string of the molecule is CC(C)(C)c1nc(-c2ccccc2-c2ccccc2)c2ccccc2n1. The number of aromatic nitrogens is 2. The summed E-state index contributed by atoms with van der Waals surface area (Å²) in [7, 11) is 0. The number of rotatable bonds is 2. The molecule has 4 rings (SSSR count). The predicted octanol–water partition coefficient (Wildman–Crippen LogP) is 6.26. The van der Waals surface area contributed by atoms with Gasteiger partial charge in [0.1, 0.15) is 5.82 Å². The van der Waals surface area contributed by atoms with Crippen molar-refractivity contribution < 1.29 is 0 Å². The van der Waals surface area contributed by atoms with Crippen molar-refractivity contribution in [1.29, 1.82) is 0 Å². The van der Waals surface area contributed by atoms with Crippen LogP contribution >= 0.6 is 0 Å². The highest BCUT2D eigenvalue weighted by atomic mass is 14.9. The second-order valence-electron chi connectivity index (χ2n) is 7.57. The minimum absolute atomic E-state index is 0.111. The van der Waals surface area contributed by atoms with Gasteiger partial charge in [0, 0.05) is 16.4 Å². The van der Waals surface area contributed by atoms with Crippen LogP contribution in [-0.4, -0.2) is 9.97 Å². The Morgan fingerprint density at radius 1 is 0.615 bits per heavy atom. The smallest absolute Gasteiger partial charge is 0.135 e. The number of benzene rings is 3. The van der Waals surface area contributed by atoms with Crippen molar-refractivity contribution in [3.05, 3.63) is 84.7 Å². The number of para-hydroxylation sites is 1. The summed E-state index contributed by atoms with van der Waals surface area (Å²) >= 11 is 0. The van der Waals surface area contributed by atoms with E-state index in [1.165, 1.54) is 11.1 Å². The molecule has 0 fully saturated rings. The van der Waals surface area contributed by atoms with Crippen molar-refractivity contribution in [2.45, 2.75) is 26.2 Å². The van der Waals surface area contributed by atoms with E-state index in [0.717, 1.165) is 28.0 Å². The highest BCUT2D eigenvalue weighted by Gasteiger charge is 2.21. The zero-order valence-electron chi connectivity index (χ0n) is 15.4. The van der Waals surface area contributed by atoms with E-state index in [4.69, 9.17) is 9.97 Å². The highest BCUT2D eigenvalue weighted by molar-refractivity contribution is 5.96. The molecule has 3 aromatic carbocycles. The van der Waals surface area contributed by atoms with Crippen molar-refractivity contribution in [2.75, 3.05) is 0 Å². The van der Waals surface area contributed by atoms with Gasteiger partial charge in [0.05, 0.1) is 11.2 Å². The first-order chi connectivity index (χ1) is 12.5. The number of fused-ring (bicyclic) bond motifs is 1. The fourth-order valence-corrected chi connectivity index (χ4v) is 3.18. The number of nitrogens with zero attached hydrogens (tertiary/aromatic N) is 2. The molecular weight excluding hydrogens is 316 g/mol. The maximum absolute atomic E-state index is 5.02. The van der Waals surface area contributed by atoms with Crippen molar-refractivity contribution in [3.8, 4) is 22.4 Å². The Labute approximate surface area is 154 Å². The molecule has 0 amide bonds. The molecule has 0 spiro atoms. The molecule has 26 heavy (non-hydrogen) atoms. The molecule has 0 saturated heterocycles. The van der Waals surface area contributed by atoms with Gasteiger partial charge < -0.3 is 0 Å². The third kappa shape index (κ3) is 2.99. The van der Waals surface area contributed by atoms with Gasteiger partial charge in [-0.2, -0.15) is 0 Å². The molecule has 0 atom stereocenters. The third-order valence-electron chi connectivity index (χ3n) is 4.54. The summed E-state index contributed by atoms with van der Waals surface area (Å²) in [5.41, 5.74) is 5.41. The standard InChI is InChI=1S/C24H22N2/c1-24(2,3)23-25-21-16-10-9-15-20(21)22(26-23)19-14-8-7-13-18(19)17-11-5-4-6-12-17/h4-16H,1-3H3. The van der Waals surface area contributed by atoms with Gasteiger partial charge >= 0.3 is 0 Å². The molecule has 1 aromatic heterocycles. The van der Waals surface area contributed by atoms with Crippen molar-refractivity contribution in [2.24, 2.45) is 0 Å². The molecule has 2 nitrogen and oxygen atoms in total. The summed E-state index contributed by atoms with van der Waals surface area (Å²) in [5, 5.41) is 1.09. The highest BCUT2D eigenvalue weighted by Crippen LogP contribution is 2.35. The van der Waals surface area contributed by atoms with Gasteiger partial charge in [-0.1, -0.05) is 93.6 Å². The van der Waals surface area contributed by atoms with Gasteiger partial charge in [-0.15, -0.1) is 0 Å². The van der Waals surface area contributed by atoms with E-state index in [-0.39, 0.29) is 5.41 Å². The van der Waals surface area contributed by atoms with Crippen LogP contribution in [0, 0.1) is 0 Å². The Bertz CT molecular complexity index is 1060. The van der Waals surface area contributed by atoms with E-state index in [1.54, 1.807) is 0 Å². The summed E-state index contributed by atoms with van der Waals surface area (Å²) in [6.45, 7) is 6.47. The molecule has 0 unspecified atom stereocenters. The molecule has 0 aliphatic rings. The van der Waals surface area contributed by atoms with Gasteiger partial charge in [-0.3, -0.25) is 0 Å². The summed E-state index contributed by atoms with van der Waals surface area (Å²) in [6.07, 6.45) is 0. The van der Waals surface area contributed by atoms with Crippen molar-refractivity contribution in [1.82, 2.24) is 9.97 Å². The Morgan fingerprint density at radius 2 is 1.23 bits per heavy atom. The van der Waals surface area contributed by atoms with Crippen LogP contribution in [-0.2, 0) is 5.41 Å². The van der Waals surface area contributed by atoms with Gasteiger partial charge in [-0.05, 0) is 17.2 Å². The molecule has 0 N–H and O–H groups in total. The minimum atomic E-state index is -0.111. The summed E-state index contributed by atoms with van der Waals surface area (Å²) in [5.74, 6) is 0.870. The quantitative estimate of drug-likeness (QED) is 0.431. The molecule has 0 radical (unpaired) electrons. The second-order valence-corrected chi connectivity index (χ2v) is 7.57. The average Bonchev–Trinajstić information content (AvgIpc) is 2.67. The van der Waals surface area contributed by atoms with E-state index >= 15 is 0 Å². The maximum Gasteiger partial charge on any atom is 0.135 e. The molecule has 2 heteroatoms. The number of hydrogen-bond acceptors (Lipinski definition) is 2. The Morgan fingerprint density at radius 3 is 1.96 bits per heavy atom. The van der Waals surface area contributed by atoms with Gasteiger partial charge in [0.25, 0.3) is 0 Å². The lowest BCUT2D eigenvalue weighted by Gasteiger charge is -2.19. The van der Waals surface area contributed by atoms with Crippen LogP contribution in [0.2, 0.25) is 0 Å². The van der Waals surface area contributed by atoms with Crippen molar-refractivity contribution >= 4 is 10.9 Å². The van der Waals surface area contributed by atoms with Crippen LogP contribution in [0.25, 0.3) is 33.3 Å². The fraction of sp³-hybridized carbons (Fsp3) is 0.167. The Kier molecular flexibility index (Phi) is 4.04. The van der Waals surface area contributed by atoms with E-state index in [2.05, 4.69) is 87.5 Å². The first kappa shape index (κ1) is 16.5. The molecule has 0 bridgehead atoms. The zero-order chi connectivity index (χ0) is 18.1. The van der Waals surface area contributed by atoms with Gasteiger partial charge in [0.2, 0.25) is 0 Å². The molecule has 0 aliphatic heterocycles. The molecular formula is C24H22N2. The fourth-order valence-electron chi connectivity index (χ4n) is 3.18. The summed E-state index contributed by atoms with van der Waals surface area (Å²) in [4.78, 5) is 9.84. The molecule has 1 heterocycles.